The molecule has 5 N–H and O–H groups in total. The number of benzene rings is 1. The summed E-state index contributed by atoms with van der Waals surface area (Å²) in [5, 5.41) is 2.13. The first-order valence-corrected chi connectivity index (χ1v) is 7.16. The molecule has 1 heterocycles. The highest BCUT2D eigenvalue weighted by Gasteiger charge is 2.37. The molecule has 1 aromatic rings. The first-order chi connectivity index (χ1) is 11.2. The number of carbonyl (C=O) groups is 4. The molecule has 4 amide bonds. The number of hydrogen-bond donors (Lipinski definition) is 3. The molecule has 0 bridgehead atoms. The number of rotatable bonds is 5. The number of aryl methyl sites for hydroxylation is 1. The van der Waals surface area contributed by atoms with Gasteiger partial charge in [0.1, 0.15) is 5.82 Å². The van der Waals surface area contributed by atoms with Gasteiger partial charge in [0.2, 0.25) is 23.6 Å². The van der Waals surface area contributed by atoms with Gasteiger partial charge in [-0.1, -0.05) is 6.07 Å². The van der Waals surface area contributed by atoms with E-state index in [4.69, 9.17) is 11.5 Å². The van der Waals surface area contributed by atoms with E-state index in [-0.39, 0.29) is 18.9 Å². The van der Waals surface area contributed by atoms with Crippen molar-refractivity contribution in [2.24, 2.45) is 17.4 Å². The van der Waals surface area contributed by atoms with E-state index in [0.717, 1.165) is 0 Å². The molecule has 1 unspecified atom stereocenters. The summed E-state index contributed by atoms with van der Waals surface area (Å²) in [6.45, 7) is 1.59. The van der Waals surface area contributed by atoms with Crippen molar-refractivity contribution in [3.05, 3.63) is 29.6 Å². The second-order valence-electron chi connectivity index (χ2n) is 5.59. The van der Waals surface area contributed by atoms with E-state index in [1.54, 1.807) is 13.0 Å². The van der Waals surface area contributed by atoms with Crippen molar-refractivity contribution < 1.29 is 23.6 Å². The zero-order valence-electron chi connectivity index (χ0n) is 12.9. The van der Waals surface area contributed by atoms with Crippen LogP contribution in [0.25, 0.3) is 0 Å². The van der Waals surface area contributed by atoms with Gasteiger partial charge in [-0.2, -0.15) is 0 Å². The zero-order valence-corrected chi connectivity index (χ0v) is 12.9. The van der Waals surface area contributed by atoms with Crippen LogP contribution in [0, 0.1) is 18.7 Å². The maximum Gasteiger partial charge on any atom is 0.249 e. The van der Waals surface area contributed by atoms with Crippen LogP contribution in [0.3, 0.4) is 0 Å². The van der Waals surface area contributed by atoms with Gasteiger partial charge in [0.05, 0.1) is 5.92 Å². The predicted octanol–water partition coefficient (Wildman–Crippen LogP) is -1.06. The van der Waals surface area contributed by atoms with Crippen LogP contribution >= 0.6 is 0 Å². The number of nitrogens with zero attached hydrogens (tertiary/aromatic N) is 1. The molecule has 9 heteroatoms. The molecular formula is C15H17FN4O4. The molecule has 1 atom stereocenters. The second-order valence-corrected chi connectivity index (χ2v) is 5.59. The van der Waals surface area contributed by atoms with E-state index >= 15 is 0 Å². The average Bonchev–Trinajstić information content (AvgIpc) is 2.88. The number of nitrogens with one attached hydrogen (secondary N) is 1. The van der Waals surface area contributed by atoms with E-state index in [1.807, 2.05) is 0 Å². The van der Waals surface area contributed by atoms with Gasteiger partial charge in [0.25, 0.3) is 0 Å². The minimum Gasteiger partial charge on any atom is -0.367 e. The summed E-state index contributed by atoms with van der Waals surface area (Å²) in [4.78, 5) is 47.7. The highest BCUT2D eigenvalue weighted by molar-refractivity contribution is 6.07. The van der Waals surface area contributed by atoms with Crippen LogP contribution < -0.4 is 21.7 Å². The van der Waals surface area contributed by atoms with Gasteiger partial charge in [0, 0.05) is 18.7 Å². The fraction of sp³-hybridized carbons (Fsp3) is 0.333. The van der Waals surface area contributed by atoms with E-state index in [2.05, 4.69) is 5.32 Å². The minimum absolute atomic E-state index is 0.00257. The van der Waals surface area contributed by atoms with Crippen LogP contribution in [0.15, 0.2) is 18.2 Å². The lowest BCUT2D eigenvalue weighted by Gasteiger charge is -2.18. The summed E-state index contributed by atoms with van der Waals surface area (Å²) >= 11 is 0. The zero-order chi connectivity index (χ0) is 18.0. The van der Waals surface area contributed by atoms with Crippen LogP contribution in [0.4, 0.5) is 10.1 Å². The van der Waals surface area contributed by atoms with Gasteiger partial charge in [-0.25, -0.2) is 4.39 Å². The Bertz CT molecular complexity index is 707. The first-order valence-electron chi connectivity index (χ1n) is 7.16. The Labute approximate surface area is 137 Å². The number of carbonyl (C=O) groups excluding carboxylic acids is 4. The summed E-state index contributed by atoms with van der Waals surface area (Å²) < 4.78 is 13.6. The quantitative estimate of drug-likeness (QED) is 0.591. The Balaban J connectivity index is 2.11. The van der Waals surface area contributed by atoms with Gasteiger partial charge >= 0.3 is 0 Å². The summed E-state index contributed by atoms with van der Waals surface area (Å²) in [6, 6.07) is 2.68. The van der Waals surface area contributed by atoms with Crippen molar-refractivity contribution in [2.75, 3.05) is 11.4 Å². The van der Waals surface area contributed by atoms with Crippen LogP contribution in [0.2, 0.25) is 0 Å². The van der Waals surface area contributed by atoms with Crippen molar-refractivity contribution in [2.45, 2.75) is 19.4 Å². The van der Waals surface area contributed by atoms with Crippen molar-refractivity contribution in [3.63, 3.8) is 0 Å². The van der Waals surface area contributed by atoms with Crippen molar-refractivity contribution in [3.8, 4) is 0 Å². The lowest BCUT2D eigenvalue weighted by atomic mass is 10.1. The third kappa shape index (κ3) is 3.50. The van der Waals surface area contributed by atoms with Crippen LogP contribution in [0.1, 0.15) is 12.0 Å². The van der Waals surface area contributed by atoms with E-state index in [9.17, 15) is 23.6 Å². The molecular weight excluding hydrogens is 319 g/mol. The maximum atomic E-state index is 13.6. The number of halogens is 1. The topological polar surface area (TPSA) is 136 Å². The molecule has 1 aliphatic heterocycles. The Morgan fingerprint density at radius 1 is 1.29 bits per heavy atom. The van der Waals surface area contributed by atoms with Gasteiger partial charge in [0.15, 0.2) is 6.04 Å². The van der Waals surface area contributed by atoms with Crippen molar-refractivity contribution in [1.29, 1.82) is 0 Å². The maximum absolute atomic E-state index is 13.6. The highest BCUT2D eigenvalue weighted by Crippen LogP contribution is 2.26. The Morgan fingerprint density at radius 3 is 2.46 bits per heavy atom. The highest BCUT2D eigenvalue weighted by atomic mass is 19.1. The number of primary amides is 2. The monoisotopic (exact) mass is 336 g/mol. The summed E-state index contributed by atoms with van der Waals surface area (Å²) in [7, 11) is 0. The van der Waals surface area contributed by atoms with Gasteiger partial charge in [-0.05, 0) is 24.6 Å². The lowest BCUT2D eigenvalue weighted by Crippen LogP contribution is -2.54. The fourth-order valence-electron chi connectivity index (χ4n) is 2.42. The molecule has 1 aromatic carbocycles. The van der Waals surface area contributed by atoms with Crippen molar-refractivity contribution >= 4 is 29.3 Å². The van der Waals surface area contributed by atoms with E-state index < -0.39 is 35.5 Å². The minimum atomic E-state index is -1.64. The first kappa shape index (κ1) is 17.4. The molecule has 1 fully saturated rings. The van der Waals surface area contributed by atoms with Crippen LogP contribution in [0.5, 0.6) is 0 Å². The number of anilines is 1. The molecule has 8 nitrogen and oxygen atoms in total. The summed E-state index contributed by atoms with van der Waals surface area (Å²) in [5.74, 6) is -4.50. The molecule has 0 radical (unpaired) electrons. The van der Waals surface area contributed by atoms with Gasteiger partial charge in [-0.3, -0.25) is 19.2 Å². The summed E-state index contributed by atoms with van der Waals surface area (Å²) in [5.41, 5.74) is 10.7. The molecule has 1 aliphatic rings. The summed E-state index contributed by atoms with van der Waals surface area (Å²) in [6.07, 6.45) is -0.133. The fourth-order valence-corrected chi connectivity index (χ4v) is 2.42. The standard InChI is InChI=1S/C15H17FN4O4/c1-7-2-3-9(5-10(7)16)20-6-8(4-11(20)21)15(24)19-12(13(17)22)14(18)23/h2-3,5,8,12H,4,6H2,1H3,(H2,17,22)(H2,18,23)(H,19,24). The van der Waals surface area contributed by atoms with Crippen LogP contribution in [-0.4, -0.2) is 36.2 Å². The van der Waals surface area contributed by atoms with Gasteiger partial charge in [-0.15, -0.1) is 0 Å². The third-order valence-corrected chi connectivity index (χ3v) is 3.82. The molecule has 128 valence electrons. The smallest absolute Gasteiger partial charge is 0.249 e. The number of nitrogens with two attached hydrogens (primary N) is 2. The number of amides is 4. The Kier molecular flexibility index (Phi) is 4.82. The molecule has 24 heavy (non-hydrogen) atoms. The third-order valence-electron chi connectivity index (χ3n) is 3.82. The van der Waals surface area contributed by atoms with Crippen LogP contribution in [-0.2, 0) is 19.2 Å². The normalized spacial score (nSPS) is 17.2. The van der Waals surface area contributed by atoms with E-state index in [0.29, 0.717) is 11.3 Å². The second kappa shape index (κ2) is 6.65. The largest absolute Gasteiger partial charge is 0.367 e. The predicted molar refractivity (Wildman–Crippen MR) is 81.9 cm³/mol. The molecule has 0 aliphatic carbocycles. The Hall–Kier alpha value is -2.97. The van der Waals surface area contributed by atoms with Crippen molar-refractivity contribution in [1.82, 2.24) is 5.32 Å². The van der Waals surface area contributed by atoms with Gasteiger partial charge < -0.3 is 21.7 Å². The molecule has 0 aromatic heterocycles. The molecule has 0 spiro atoms. The molecule has 0 saturated carbocycles. The Morgan fingerprint density at radius 2 is 1.92 bits per heavy atom. The molecule has 2 rings (SSSR count). The molecule has 1 saturated heterocycles. The average molecular weight is 336 g/mol. The lowest BCUT2D eigenvalue weighted by molar-refractivity contribution is -0.135. The number of hydrogen-bond acceptors (Lipinski definition) is 4. The van der Waals surface area contributed by atoms with E-state index in [1.165, 1.54) is 17.0 Å². The SMILES string of the molecule is Cc1ccc(N2CC(C(=O)NC(C(N)=O)C(N)=O)CC2=O)cc1F.